The van der Waals surface area contributed by atoms with Gasteiger partial charge in [-0.3, -0.25) is 4.72 Å². The van der Waals surface area contributed by atoms with Crippen LogP contribution in [0.5, 0.6) is 5.75 Å². The number of anilines is 1. The first-order chi connectivity index (χ1) is 10.4. The summed E-state index contributed by atoms with van der Waals surface area (Å²) in [4.78, 5) is 0.128. The highest BCUT2D eigenvalue weighted by Crippen LogP contribution is 2.27. The number of nitrogens with one attached hydrogen (secondary N) is 1. The quantitative estimate of drug-likeness (QED) is 0.858. The van der Waals surface area contributed by atoms with Crippen LogP contribution in [-0.4, -0.2) is 20.1 Å². The van der Waals surface area contributed by atoms with E-state index in [1.807, 2.05) is 6.92 Å². The molecule has 5 nitrogen and oxygen atoms in total. The molecule has 0 heterocycles. The zero-order valence-corrected chi connectivity index (χ0v) is 13.3. The first kappa shape index (κ1) is 16.3. The van der Waals surface area contributed by atoms with E-state index in [1.165, 1.54) is 12.1 Å². The van der Waals surface area contributed by atoms with Gasteiger partial charge in [0.25, 0.3) is 10.0 Å². The molecule has 118 valence electrons. The molecule has 2 aromatic rings. The molecule has 2 N–H and O–H groups in total. The number of aliphatic hydroxyl groups excluding tert-OH is 1. The molecule has 2 rings (SSSR count). The number of ether oxygens (including phenoxy) is 1. The molecule has 2 aromatic carbocycles. The van der Waals surface area contributed by atoms with Gasteiger partial charge in [0.15, 0.2) is 0 Å². The SMILES string of the molecule is CCOc1ccccc1NS(=O)(=O)c1ccc([C@@H](C)O)cc1. The monoisotopic (exact) mass is 321 g/mol. The third-order valence-electron chi connectivity index (χ3n) is 3.10. The Labute approximate surface area is 130 Å². The van der Waals surface area contributed by atoms with Gasteiger partial charge < -0.3 is 9.84 Å². The second-order valence-corrected chi connectivity index (χ2v) is 6.46. The van der Waals surface area contributed by atoms with E-state index >= 15 is 0 Å². The number of para-hydroxylation sites is 2. The fraction of sp³-hybridized carbons (Fsp3) is 0.250. The van der Waals surface area contributed by atoms with Gasteiger partial charge >= 0.3 is 0 Å². The van der Waals surface area contributed by atoms with Gasteiger partial charge in [-0.2, -0.15) is 0 Å². The molecule has 0 saturated carbocycles. The minimum Gasteiger partial charge on any atom is -0.492 e. The van der Waals surface area contributed by atoms with Gasteiger partial charge in [0.2, 0.25) is 0 Å². The van der Waals surface area contributed by atoms with E-state index in [-0.39, 0.29) is 4.90 Å². The van der Waals surface area contributed by atoms with Crippen molar-refractivity contribution in [3.8, 4) is 5.75 Å². The van der Waals surface area contributed by atoms with Crippen LogP contribution in [0, 0.1) is 0 Å². The summed E-state index contributed by atoms with van der Waals surface area (Å²) in [7, 11) is -3.71. The maximum atomic E-state index is 12.4. The molecular formula is C16H19NO4S. The van der Waals surface area contributed by atoms with Gasteiger partial charge in [0.1, 0.15) is 5.75 Å². The predicted molar refractivity (Wildman–Crippen MR) is 85.5 cm³/mol. The highest BCUT2D eigenvalue weighted by Gasteiger charge is 2.16. The first-order valence-corrected chi connectivity index (χ1v) is 8.45. The Bertz CT molecular complexity index is 724. The van der Waals surface area contributed by atoms with Crippen molar-refractivity contribution in [3.63, 3.8) is 0 Å². The zero-order chi connectivity index (χ0) is 16.2. The second-order valence-electron chi connectivity index (χ2n) is 4.78. The Balaban J connectivity index is 2.28. The van der Waals surface area contributed by atoms with Gasteiger partial charge in [-0.25, -0.2) is 8.42 Å². The van der Waals surface area contributed by atoms with Crippen molar-refractivity contribution in [2.24, 2.45) is 0 Å². The average molecular weight is 321 g/mol. The van der Waals surface area contributed by atoms with Crippen molar-refractivity contribution in [1.29, 1.82) is 0 Å². The molecule has 0 spiro atoms. The summed E-state index contributed by atoms with van der Waals surface area (Å²) >= 11 is 0. The molecule has 0 amide bonds. The second kappa shape index (κ2) is 6.81. The lowest BCUT2D eigenvalue weighted by Gasteiger charge is -2.13. The minimum absolute atomic E-state index is 0.128. The zero-order valence-electron chi connectivity index (χ0n) is 12.5. The van der Waals surface area contributed by atoms with Crippen molar-refractivity contribution >= 4 is 15.7 Å². The smallest absolute Gasteiger partial charge is 0.262 e. The Morgan fingerprint density at radius 1 is 1.14 bits per heavy atom. The summed E-state index contributed by atoms with van der Waals surface area (Å²) in [5.41, 5.74) is 1.05. The van der Waals surface area contributed by atoms with Crippen LogP contribution >= 0.6 is 0 Å². The molecule has 0 saturated heterocycles. The van der Waals surface area contributed by atoms with Crippen LogP contribution < -0.4 is 9.46 Å². The van der Waals surface area contributed by atoms with E-state index in [0.29, 0.717) is 23.6 Å². The van der Waals surface area contributed by atoms with Gasteiger partial charge in [-0.15, -0.1) is 0 Å². The lowest BCUT2D eigenvalue weighted by atomic mass is 10.1. The van der Waals surface area contributed by atoms with E-state index in [1.54, 1.807) is 43.3 Å². The van der Waals surface area contributed by atoms with Crippen molar-refractivity contribution in [2.45, 2.75) is 24.8 Å². The average Bonchev–Trinajstić information content (AvgIpc) is 2.49. The van der Waals surface area contributed by atoms with Crippen LogP contribution in [0.25, 0.3) is 0 Å². The fourth-order valence-corrected chi connectivity index (χ4v) is 3.03. The lowest BCUT2D eigenvalue weighted by molar-refractivity contribution is 0.199. The Morgan fingerprint density at radius 2 is 1.77 bits per heavy atom. The third-order valence-corrected chi connectivity index (χ3v) is 4.49. The Kier molecular flexibility index (Phi) is 5.05. The fourth-order valence-electron chi connectivity index (χ4n) is 1.96. The molecule has 0 aliphatic carbocycles. The summed E-state index contributed by atoms with van der Waals surface area (Å²) in [5, 5.41) is 9.47. The third kappa shape index (κ3) is 3.78. The normalized spacial score (nSPS) is 12.7. The predicted octanol–water partition coefficient (Wildman–Crippen LogP) is 2.94. The van der Waals surface area contributed by atoms with Gasteiger partial charge in [0, 0.05) is 0 Å². The molecular weight excluding hydrogens is 302 g/mol. The van der Waals surface area contributed by atoms with E-state index < -0.39 is 16.1 Å². The molecule has 22 heavy (non-hydrogen) atoms. The first-order valence-electron chi connectivity index (χ1n) is 6.96. The van der Waals surface area contributed by atoms with E-state index in [4.69, 9.17) is 4.74 Å². The van der Waals surface area contributed by atoms with Crippen molar-refractivity contribution < 1.29 is 18.3 Å². The number of sulfonamides is 1. The van der Waals surface area contributed by atoms with Crippen LogP contribution in [-0.2, 0) is 10.0 Å². The van der Waals surface area contributed by atoms with Gasteiger partial charge in [-0.05, 0) is 43.7 Å². The van der Waals surface area contributed by atoms with E-state index in [2.05, 4.69) is 4.72 Å². The number of hydrogen-bond acceptors (Lipinski definition) is 4. The largest absolute Gasteiger partial charge is 0.492 e. The van der Waals surface area contributed by atoms with Crippen LogP contribution in [0.15, 0.2) is 53.4 Å². The summed E-state index contributed by atoms with van der Waals surface area (Å²) in [6.45, 7) is 3.90. The van der Waals surface area contributed by atoms with Crippen LogP contribution in [0.4, 0.5) is 5.69 Å². The van der Waals surface area contributed by atoms with Crippen molar-refractivity contribution in [1.82, 2.24) is 0 Å². The molecule has 0 unspecified atom stereocenters. The molecule has 0 aromatic heterocycles. The van der Waals surface area contributed by atoms with E-state index in [0.717, 1.165) is 0 Å². The summed E-state index contributed by atoms with van der Waals surface area (Å²) in [6.07, 6.45) is -0.636. The van der Waals surface area contributed by atoms with E-state index in [9.17, 15) is 13.5 Å². The summed E-state index contributed by atoms with van der Waals surface area (Å²) in [5.74, 6) is 0.481. The van der Waals surface area contributed by atoms with Gasteiger partial charge in [0.05, 0.1) is 23.3 Å². The van der Waals surface area contributed by atoms with Crippen molar-refractivity contribution in [2.75, 3.05) is 11.3 Å². The Morgan fingerprint density at radius 3 is 2.36 bits per heavy atom. The topological polar surface area (TPSA) is 75.6 Å². The minimum atomic E-state index is -3.71. The lowest BCUT2D eigenvalue weighted by Crippen LogP contribution is -2.14. The Hall–Kier alpha value is -2.05. The molecule has 0 bridgehead atoms. The summed E-state index contributed by atoms with van der Waals surface area (Å²) < 4.78 is 32.8. The molecule has 0 aliphatic rings. The molecule has 0 aliphatic heterocycles. The highest BCUT2D eigenvalue weighted by molar-refractivity contribution is 7.92. The van der Waals surface area contributed by atoms with Crippen molar-refractivity contribution in [3.05, 3.63) is 54.1 Å². The maximum Gasteiger partial charge on any atom is 0.262 e. The molecule has 0 radical (unpaired) electrons. The maximum absolute atomic E-state index is 12.4. The standard InChI is InChI=1S/C16H19NO4S/c1-3-21-16-7-5-4-6-15(16)17-22(19,20)14-10-8-13(9-11-14)12(2)18/h4-12,17-18H,3H2,1-2H3/t12-/m1/s1. The van der Waals surface area contributed by atoms with Gasteiger partial charge in [-0.1, -0.05) is 24.3 Å². The highest BCUT2D eigenvalue weighted by atomic mass is 32.2. The molecule has 1 atom stereocenters. The number of rotatable bonds is 6. The van der Waals surface area contributed by atoms with Crippen LogP contribution in [0.3, 0.4) is 0 Å². The van der Waals surface area contributed by atoms with Crippen LogP contribution in [0.1, 0.15) is 25.5 Å². The number of benzene rings is 2. The summed E-state index contributed by atoms with van der Waals surface area (Å²) in [6, 6.07) is 13.0. The number of aliphatic hydroxyl groups is 1. The van der Waals surface area contributed by atoms with Crippen LogP contribution in [0.2, 0.25) is 0 Å². The number of hydrogen-bond donors (Lipinski definition) is 2. The molecule has 6 heteroatoms. The molecule has 0 fully saturated rings.